The Hall–Kier alpha value is -0.580. The van der Waals surface area contributed by atoms with Crippen molar-refractivity contribution in [2.24, 2.45) is 5.92 Å². The smallest absolute Gasteiger partial charge is 0.372 e. The van der Waals surface area contributed by atoms with E-state index in [1.165, 1.54) is 6.92 Å². The van der Waals surface area contributed by atoms with Gasteiger partial charge in [0.15, 0.2) is 0 Å². The van der Waals surface area contributed by atoms with E-state index in [0.717, 1.165) is 6.42 Å². The summed E-state index contributed by atoms with van der Waals surface area (Å²) in [5.74, 6) is 0.0489. The fourth-order valence-corrected chi connectivity index (χ4v) is 1.31. The lowest BCUT2D eigenvalue weighted by Gasteiger charge is -2.11. The number of halogens is 3. The molecular weight excluding hydrogens is 209 g/mol. The van der Waals surface area contributed by atoms with Gasteiger partial charge < -0.3 is 4.74 Å². The molecule has 0 radical (unpaired) electrons. The van der Waals surface area contributed by atoms with Gasteiger partial charge >= 0.3 is 6.18 Å². The molecule has 0 spiro atoms. The summed E-state index contributed by atoms with van der Waals surface area (Å²) in [5, 5.41) is 0. The van der Waals surface area contributed by atoms with Crippen LogP contribution in [0.25, 0.3) is 0 Å². The predicted molar refractivity (Wildman–Crippen MR) is 50.6 cm³/mol. The number of ether oxygens (including phenoxy) is 1. The normalized spacial score (nSPS) is 13.9. The first-order valence-corrected chi connectivity index (χ1v) is 5.01. The summed E-state index contributed by atoms with van der Waals surface area (Å²) >= 11 is 0. The van der Waals surface area contributed by atoms with Crippen LogP contribution in [-0.2, 0) is 9.53 Å². The maximum absolute atomic E-state index is 11.7. The first-order chi connectivity index (χ1) is 6.87. The third-order valence-corrected chi connectivity index (χ3v) is 2.17. The van der Waals surface area contributed by atoms with Crippen LogP contribution in [0.2, 0.25) is 0 Å². The zero-order valence-electron chi connectivity index (χ0n) is 9.06. The Labute approximate surface area is 87.8 Å². The second kappa shape index (κ2) is 6.82. The van der Waals surface area contributed by atoms with Gasteiger partial charge in [-0.15, -0.1) is 0 Å². The van der Waals surface area contributed by atoms with E-state index in [0.29, 0.717) is 12.8 Å². The maximum atomic E-state index is 11.7. The Morgan fingerprint density at radius 1 is 1.40 bits per heavy atom. The molecule has 0 saturated carbocycles. The van der Waals surface area contributed by atoms with E-state index in [1.54, 1.807) is 0 Å². The highest BCUT2D eigenvalue weighted by Crippen LogP contribution is 2.16. The van der Waals surface area contributed by atoms with Crippen LogP contribution in [0, 0.1) is 5.92 Å². The van der Waals surface area contributed by atoms with Crippen molar-refractivity contribution in [1.29, 1.82) is 0 Å². The van der Waals surface area contributed by atoms with Crippen LogP contribution in [-0.4, -0.2) is 25.2 Å². The number of hydrogen-bond acceptors (Lipinski definition) is 2. The number of Topliss-reactive ketones (excluding diaryl/α,β-unsaturated/α-hetero) is 1. The minimum atomic E-state index is -4.26. The molecule has 0 N–H and O–H groups in total. The quantitative estimate of drug-likeness (QED) is 0.624. The van der Waals surface area contributed by atoms with E-state index < -0.39 is 12.8 Å². The van der Waals surface area contributed by atoms with Crippen molar-refractivity contribution in [3.63, 3.8) is 0 Å². The van der Waals surface area contributed by atoms with Gasteiger partial charge in [-0.05, 0) is 26.2 Å². The lowest BCUT2D eigenvalue weighted by atomic mass is 9.97. The van der Waals surface area contributed by atoms with Gasteiger partial charge in [-0.1, -0.05) is 6.92 Å². The van der Waals surface area contributed by atoms with E-state index in [2.05, 4.69) is 4.74 Å². The Kier molecular flexibility index (Phi) is 6.56. The van der Waals surface area contributed by atoms with Crippen molar-refractivity contribution in [1.82, 2.24) is 0 Å². The van der Waals surface area contributed by atoms with Gasteiger partial charge in [-0.25, -0.2) is 0 Å². The van der Waals surface area contributed by atoms with Crippen molar-refractivity contribution in [3.8, 4) is 0 Å². The molecule has 0 aliphatic rings. The van der Waals surface area contributed by atoms with Crippen molar-refractivity contribution in [2.75, 3.05) is 13.2 Å². The van der Waals surface area contributed by atoms with Crippen molar-refractivity contribution < 1.29 is 22.7 Å². The zero-order valence-corrected chi connectivity index (χ0v) is 9.06. The molecule has 0 aliphatic carbocycles. The molecule has 2 nitrogen and oxygen atoms in total. The van der Waals surface area contributed by atoms with Gasteiger partial charge in [0, 0.05) is 12.5 Å². The average molecular weight is 226 g/mol. The van der Waals surface area contributed by atoms with E-state index in [9.17, 15) is 18.0 Å². The average Bonchev–Trinajstić information content (AvgIpc) is 2.08. The monoisotopic (exact) mass is 226 g/mol. The van der Waals surface area contributed by atoms with Gasteiger partial charge in [-0.2, -0.15) is 13.2 Å². The number of hydrogen-bond donors (Lipinski definition) is 0. The molecule has 1 atom stereocenters. The summed E-state index contributed by atoms with van der Waals surface area (Å²) in [5.41, 5.74) is 0. The van der Waals surface area contributed by atoms with Crippen LogP contribution in [0.1, 0.15) is 33.1 Å². The third kappa shape index (κ3) is 8.42. The molecule has 0 fully saturated rings. The van der Waals surface area contributed by atoms with Crippen LogP contribution in [0.3, 0.4) is 0 Å². The highest BCUT2D eigenvalue weighted by molar-refractivity contribution is 5.78. The van der Waals surface area contributed by atoms with E-state index in [-0.39, 0.29) is 18.3 Å². The molecule has 0 aromatic carbocycles. The molecule has 90 valence electrons. The lowest BCUT2D eigenvalue weighted by Crippen LogP contribution is -2.18. The number of rotatable bonds is 7. The molecule has 0 aromatic rings. The summed E-state index contributed by atoms with van der Waals surface area (Å²) in [6.45, 7) is 2.25. The fourth-order valence-electron chi connectivity index (χ4n) is 1.31. The fraction of sp³-hybridized carbons (Fsp3) is 0.900. The molecule has 0 aromatic heterocycles. The summed E-state index contributed by atoms with van der Waals surface area (Å²) in [4.78, 5) is 11.0. The highest BCUT2D eigenvalue weighted by atomic mass is 19.4. The van der Waals surface area contributed by atoms with Crippen molar-refractivity contribution >= 4 is 5.78 Å². The van der Waals surface area contributed by atoms with Crippen LogP contribution >= 0.6 is 0 Å². The molecule has 1 unspecified atom stereocenters. The van der Waals surface area contributed by atoms with E-state index in [1.807, 2.05) is 6.92 Å². The molecule has 0 aliphatic heterocycles. The molecule has 0 saturated heterocycles. The van der Waals surface area contributed by atoms with Gasteiger partial charge in [0.05, 0.1) is 0 Å². The zero-order chi connectivity index (χ0) is 11.9. The Morgan fingerprint density at radius 2 is 2.00 bits per heavy atom. The number of carbonyl (C=O) groups excluding carboxylic acids is 1. The lowest BCUT2D eigenvalue weighted by molar-refractivity contribution is -0.174. The molecule has 0 rings (SSSR count). The van der Waals surface area contributed by atoms with Gasteiger partial charge in [0.1, 0.15) is 12.4 Å². The SMILES string of the molecule is CCC(CCCOCC(F)(F)F)C(C)=O. The van der Waals surface area contributed by atoms with Crippen LogP contribution in [0.5, 0.6) is 0 Å². The third-order valence-electron chi connectivity index (χ3n) is 2.17. The van der Waals surface area contributed by atoms with Gasteiger partial charge in [0.2, 0.25) is 0 Å². The van der Waals surface area contributed by atoms with Crippen LogP contribution in [0.4, 0.5) is 13.2 Å². The number of alkyl halides is 3. The van der Waals surface area contributed by atoms with Gasteiger partial charge in [0.25, 0.3) is 0 Å². The highest BCUT2D eigenvalue weighted by Gasteiger charge is 2.27. The minimum absolute atomic E-state index is 0.0421. The molecule has 0 heterocycles. The first kappa shape index (κ1) is 14.4. The molecule has 15 heavy (non-hydrogen) atoms. The first-order valence-electron chi connectivity index (χ1n) is 5.01. The molecular formula is C10H17F3O2. The van der Waals surface area contributed by atoms with Crippen molar-refractivity contribution in [3.05, 3.63) is 0 Å². The van der Waals surface area contributed by atoms with E-state index >= 15 is 0 Å². The van der Waals surface area contributed by atoms with E-state index in [4.69, 9.17) is 0 Å². The summed E-state index contributed by atoms with van der Waals surface area (Å²) in [6, 6.07) is 0. The minimum Gasteiger partial charge on any atom is -0.372 e. The topological polar surface area (TPSA) is 26.3 Å². The number of carbonyl (C=O) groups is 1. The summed E-state index contributed by atoms with van der Waals surface area (Å²) in [7, 11) is 0. The van der Waals surface area contributed by atoms with Crippen LogP contribution < -0.4 is 0 Å². The Bertz CT molecular complexity index is 190. The maximum Gasteiger partial charge on any atom is 0.411 e. The molecule has 5 heteroatoms. The second-order valence-corrected chi connectivity index (χ2v) is 3.53. The molecule has 0 bridgehead atoms. The van der Waals surface area contributed by atoms with Crippen LogP contribution in [0.15, 0.2) is 0 Å². The second-order valence-electron chi connectivity index (χ2n) is 3.53. The Morgan fingerprint density at radius 3 is 2.40 bits per heavy atom. The largest absolute Gasteiger partial charge is 0.411 e. The standard InChI is InChI=1S/C10H17F3O2/c1-3-9(8(2)14)5-4-6-15-7-10(11,12)13/h9H,3-7H2,1-2H3. The van der Waals surface area contributed by atoms with Gasteiger partial charge in [-0.3, -0.25) is 4.79 Å². The summed E-state index contributed by atoms with van der Waals surface area (Å²) < 4.78 is 39.4. The predicted octanol–water partition coefficient (Wildman–Crippen LogP) is 2.96. The number of ketones is 1. The van der Waals surface area contributed by atoms with Crippen molar-refractivity contribution in [2.45, 2.75) is 39.3 Å². The summed E-state index contributed by atoms with van der Waals surface area (Å²) in [6.07, 6.45) is -2.43. The Balaban J connectivity index is 3.49. The molecule has 0 amide bonds.